The second kappa shape index (κ2) is 9.32. The molecule has 12 heteroatoms. The fourth-order valence-corrected chi connectivity index (χ4v) is 2.64. The lowest BCUT2D eigenvalue weighted by molar-refractivity contribution is -0.191. The number of hydrogen-bond acceptors (Lipinski definition) is 5. The molecule has 0 aliphatic heterocycles. The number of rotatable bonds is 3. The minimum absolute atomic E-state index is 0.0458. The summed E-state index contributed by atoms with van der Waals surface area (Å²) in [7, 11) is 0.824. The van der Waals surface area contributed by atoms with Crippen LogP contribution in [0.15, 0.2) is 27.8 Å². The molecule has 0 radical (unpaired) electrons. The molecule has 2 aromatic rings. The van der Waals surface area contributed by atoms with Crippen molar-refractivity contribution in [3.63, 3.8) is 0 Å². The molecule has 1 heterocycles. The molecular formula is C17H12ClF4N3O4. The lowest BCUT2D eigenvalue weighted by Gasteiger charge is -2.15. The quantitative estimate of drug-likeness (QED) is 0.545. The van der Waals surface area contributed by atoms with E-state index in [1.54, 1.807) is 13.0 Å². The Kier molecular flexibility index (Phi) is 7.65. The van der Waals surface area contributed by atoms with Crippen molar-refractivity contribution in [3.05, 3.63) is 61.7 Å². The minimum Gasteiger partial charge on any atom is -0.292 e. The van der Waals surface area contributed by atoms with Gasteiger partial charge in [-0.05, 0) is 31.0 Å². The average molecular weight is 434 g/mol. The molecule has 1 atom stereocenters. The molecule has 0 saturated carbocycles. The Labute approximate surface area is 165 Å². The first-order valence-electron chi connectivity index (χ1n) is 7.65. The second-order valence-electron chi connectivity index (χ2n) is 5.68. The van der Waals surface area contributed by atoms with Crippen LogP contribution in [0.3, 0.4) is 0 Å². The minimum atomic E-state index is -4.92. The van der Waals surface area contributed by atoms with Crippen LogP contribution in [-0.2, 0) is 29.2 Å². The Morgan fingerprint density at radius 3 is 2.21 bits per heavy atom. The number of benzene rings is 1. The Hall–Kier alpha value is -3.22. The van der Waals surface area contributed by atoms with Crippen molar-refractivity contribution in [2.75, 3.05) is 0 Å². The molecule has 1 aromatic heterocycles. The van der Waals surface area contributed by atoms with Crippen molar-refractivity contribution >= 4 is 17.8 Å². The van der Waals surface area contributed by atoms with Gasteiger partial charge >= 0.3 is 18.0 Å². The van der Waals surface area contributed by atoms with Gasteiger partial charge in [-0.25, -0.2) is 13.8 Å². The largest absolute Gasteiger partial charge is 0.431 e. The van der Waals surface area contributed by atoms with E-state index in [-0.39, 0.29) is 38.9 Å². The normalized spacial score (nSPS) is 11.7. The first-order valence-corrected chi connectivity index (χ1v) is 8.09. The molecule has 2 rings (SSSR count). The number of carbonyl (C=O) groups excluding carboxylic acids is 2. The summed E-state index contributed by atoms with van der Waals surface area (Å²) < 4.78 is 53.5. The van der Waals surface area contributed by atoms with E-state index in [1.165, 1.54) is 0 Å². The van der Waals surface area contributed by atoms with Crippen LogP contribution in [-0.4, -0.2) is 20.7 Å². The van der Waals surface area contributed by atoms with Gasteiger partial charge in [-0.2, -0.15) is 28.0 Å². The number of hydrogen-bond donors (Lipinski definition) is 0. The molecule has 1 unspecified atom stereocenters. The van der Waals surface area contributed by atoms with Crippen LogP contribution in [0.5, 0.6) is 0 Å². The van der Waals surface area contributed by atoms with Crippen LogP contribution in [0, 0.1) is 17.1 Å². The zero-order chi connectivity index (χ0) is 22.5. The van der Waals surface area contributed by atoms with Crippen molar-refractivity contribution in [2.45, 2.75) is 24.9 Å². The van der Waals surface area contributed by atoms with E-state index >= 15 is 0 Å². The third-order valence-corrected chi connectivity index (χ3v) is 3.80. The molecule has 0 aliphatic rings. The van der Waals surface area contributed by atoms with Crippen molar-refractivity contribution in [3.8, 4) is 11.8 Å². The maximum atomic E-state index is 14.4. The fourth-order valence-electron chi connectivity index (χ4n) is 2.47. The predicted octanol–water partition coefficient (Wildman–Crippen LogP) is 2.15. The van der Waals surface area contributed by atoms with Crippen LogP contribution < -0.4 is 11.2 Å². The molecular weight excluding hydrogens is 422 g/mol. The molecule has 7 nitrogen and oxygen atoms in total. The van der Waals surface area contributed by atoms with E-state index in [1.807, 2.05) is 0 Å². The molecule has 154 valence electrons. The highest BCUT2D eigenvalue weighted by Crippen LogP contribution is 2.27. The van der Waals surface area contributed by atoms with E-state index < -0.39 is 40.0 Å². The summed E-state index contributed by atoms with van der Waals surface area (Å²) in [6.45, 7) is 1.62. The van der Waals surface area contributed by atoms with Gasteiger partial charge < -0.3 is 0 Å². The average Bonchev–Trinajstić information content (AvgIpc) is 2.59. The number of aromatic nitrogens is 2. The van der Waals surface area contributed by atoms with E-state index in [4.69, 9.17) is 26.5 Å². The van der Waals surface area contributed by atoms with Gasteiger partial charge in [-0.15, -0.1) is 11.6 Å². The van der Waals surface area contributed by atoms with E-state index in [0.29, 0.717) is 0 Å². The summed E-state index contributed by atoms with van der Waals surface area (Å²) in [5, 5.41) is 8.64. The lowest BCUT2D eigenvalue weighted by atomic mass is 10.0. The summed E-state index contributed by atoms with van der Waals surface area (Å²) >= 11 is 5.88. The number of nitrogens with zero attached hydrogens (tertiary/aromatic N) is 3. The van der Waals surface area contributed by atoms with Crippen molar-refractivity contribution < 1.29 is 27.2 Å². The lowest BCUT2D eigenvalue weighted by Crippen LogP contribution is -2.41. The molecule has 29 heavy (non-hydrogen) atoms. The maximum Gasteiger partial charge on any atom is 0.431 e. The van der Waals surface area contributed by atoms with Crippen LogP contribution >= 0.6 is 11.6 Å². The predicted molar refractivity (Wildman–Crippen MR) is 91.0 cm³/mol. The van der Waals surface area contributed by atoms with Crippen molar-refractivity contribution in [1.82, 2.24) is 9.13 Å². The van der Waals surface area contributed by atoms with Gasteiger partial charge in [0.25, 0.3) is 5.56 Å². The standard InChI is InChI=1S/C16H12ClF4N3O2.CO2/c1-8(17)3-9-5-12(11(18)4-10(9)7-22)24-14(25)6-13(16(19,20)21)23(2)15(24)26;2-1-3/h4-6,8H,3H2,1-2H3;. The highest BCUT2D eigenvalue weighted by molar-refractivity contribution is 6.20. The van der Waals surface area contributed by atoms with Crippen LogP contribution in [0.1, 0.15) is 23.7 Å². The van der Waals surface area contributed by atoms with Gasteiger partial charge in [-0.1, -0.05) is 0 Å². The Bertz CT molecular complexity index is 1110. The Balaban J connectivity index is 0.00000132. The smallest absolute Gasteiger partial charge is 0.292 e. The van der Waals surface area contributed by atoms with Gasteiger partial charge in [0.05, 0.1) is 17.3 Å². The topological polar surface area (TPSA) is 102 Å². The first kappa shape index (κ1) is 23.8. The molecule has 0 bridgehead atoms. The molecule has 0 aliphatic carbocycles. The van der Waals surface area contributed by atoms with Crippen LogP contribution in [0.4, 0.5) is 17.6 Å². The van der Waals surface area contributed by atoms with Gasteiger partial charge in [0.15, 0.2) is 0 Å². The molecule has 0 fully saturated rings. The Morgan fingerprint density at radius 1 is 1.21 bits per heavy atom. The Morgan fingerprint density at radius 2 is 1.76 bits per heavy atom. The van der Waals surface area contributed by atoms with Crippen molar-refractivity contribution in [1.29, 1.82) is 5.26 Å². The highest BCUT2D eigenvalue weighted by atomic mass is 35.5. The van der Waals surface area contributed by atoms with Gasteiger partial charge in [0, 0.05) is 18.5 Å². The summed E-state index contributed by atoms with van der Waals surface area (Å²) in [4.78, 5) is 40.6. The van der Waals surface area contributed by atoms with Gasteiger partial charge in [0.2, 0.25) is 0 Å². The number of alkyl halides is 4. The van der Waals surface area contributed by atoms with E-state index in [9.17, 15) is 27.2 Å². The van der Waals surface area contributed by atoms with E-state index in [0.717, 1.165) is 19.2 Å². The monoisotopic (exact) mass is 433 g/mol. The number of nitriles is 1. The van der Waals surface area contributed by atoms with Crippen LogP contribution in [0.2, 0.25) is 0 Å². The summed E-state index contributed by atoms with van der Waals surface area (Å²) in [5.74, 6) is -1.09. The third-order valence-electron chi connectivity index (χ3n) is 3.65. The molecule has 0 N–H and O–H groups in total. The highest BCUT2D eigenvalue weighted by Gasteiger charge is 2.35. The molecule has 0 amide bonds. The second-order valence-corrected chi connectivity index (χ2v) is 6.43. The van der Waals surface area contributed by atoms with Crippen LogP contribution in [0.25, 0.3) is 5.69 Å². The number of halogens is 5. The molecule has 0 saturated heterocycles. The summed E-state index contributed by atoms with van der Waals surface area (Å²) in [6, 6.07) is 3.87. The van der Waals surface area contributed by atoms with E-state index in [2.05, 4.69) is 0 Å². The van der Waals surface area contributed by atoms with Crippen molar-refractivity contribution in [2.24, 2.45) is 7.05 Å². The maximum absolute atomic E-state index is 14.4. The fraction of sp³-hybridized carbons (Fsp3) is 0.294. The SMILES string of the molecule is CC(Cl)Cc1cc(-n2c(=O)cc(C(F)(F)F)n(C)c2=O)c(F)cc1C#N.O=C=O. The summed E-state index contributed by atoms with van der Waals surface area (Å²) in [5.41, 5.74) is -4.48. The summed E-state index contributed by atoms with van der Waals surface area (Å²) in [6.07, 6.45) is -4.54. The molecule has 0 spiro atoms. The molecule has 1 aromatic carbocycles. The zero-order valence-electron chi connectivity index (χ0n) is 14.9. The van der Waals surface area contributed by atoms with Gasteiger partial charge in [0.1, 0.15) is 11.5 Å². The zero-order valence-corrected chi connectivity index (χ0v) is 15.6. The first-order chi connectivity index (χ1) is 13.4. The van der Waals surface area contributed by atoms with Gasteiger partial charge in [-0.3, -0.25) is 9.36 Å². The third kappa shape index (κ3) is 5.40.